The molecule has 1 amide bonds. The van der Waals surface area contributed by atoms with Gasteiger partial charge >= 0.3 is 0 Å². The Morgan fingerprint density at radius 3 is 2.82 bits per heavy atom. The maximum atomic E-state index is 11.8. The standard InChI is InChI=1S/C17H20N4O/c22-17(11-1-2-11)21-16-8-12-3-4-13(7-14(12)9-20-16)15-10-18-5-6-19-15/h3-9,11,15-16,18-20H,1-2,10H2,(H,21,22). The monoisotopic (exact) mass is 296 g/mol. The van der Waals surface area contributed by atoms with Gasteiger partial charge in [0, 0.05) is 31.1 Å². The van der Waals surface area contributed by atoms with Crippen molar-refractivity contribution >= 4 is 18.2 Å². The minimum atomic E-state index is -0.108. The van der Waals surface area contributed by atoms with Crippen LogP contribution in [0, 0.1) is 5.92 Å². The lowest BCUT2D eigenvalue weighted by Crippen LogP contribution is -2.48. The molecule has 0 radical (unpaired) electrons. The summed E-state index contributed by atoms with van der Waals surface area (Å²) in [6.07, 6.45) is 9.87. The second-order valence-electron chi connectivity index (χ2n) is 6.09. The van der Waals surface area contributed by atoms with E-state index in [-0.39, 0.29) is 24.0 Å². The van der Waals surface area contributed by atoms with Crippen molar-refractivity contribution < 1.29 is 4.79 Å². The van der Waals surface area contributed by atoms with E-state index in [9.17, 15) is 4.79 Å². The van der Waals surface area contributed by atoms with Gasteiger partial charge in [0.25, 0.3) is 0 Å². The van der Waals surface area contributed by atoms with E-state index in [0.29, 0.717) is 0 Å². The van der Waals surface area contributed by atoms with Crippen molar-refractivity contribution in [3.05, 3.63) is 46.6 Å². The fraction of sp³-hybridized carbons (Fsp3) is 0.353. The van der Waals surface area contributed by atoms with Gasteiger partial charge < -0.3 is 21.3 Å². The lowest BCUT2D eigenvalue weighted by molar-refractivity contribution is -0.122. The molecule has 22 heavy (non-hydrogen) atoms. The highest BCUT2D eigenvalue weighted by molar-refractivity contribution is 5.82. The van der Waals surface area contributed by atoms with Crippen LogP contribution in [-0.2, 0) is 4.79 Å². The van der Waals surface area contributed by atoms with Gasteiger partial charge in [-0.25, -0.2) is 0 Å². The number of hydrogen-bond acceptors (Lipinski definition) is 4. The van der Waals surface area contributed by atoms with E-state index in [1.54, 1.807) is 0 Å². The van der Waals surface area contributed by atoms with Crippen molar-refractivity contribution in [3.63, 3.8) is 0 Å². The summed E-state index contributed by atoms with van der Waals surface area (Å²) < 4.78 is 0. The lowest BCUT2D eigenvalue weighted by Gasteiger charge is -2.23. The summed E-state index contributed by atoms with van der Waals surface area (Å²) in [5.41, 5.74) is 1.25. The number of carbonyl (C=O) groups is 1. The fourth-order valence-corrected chi connectivity index (χ4v) is 2.88. The molecule has 114 valence electrons. The van der Waals surface area contributed by atoms with Gasteiger partial charge in [-0.05, 0) is 41.0 Å². The van der Waals surface area contributed by atoms with Crippen LogP contribution < -0.4 is 31.7 Å². The summed E-state index contributed by atoms with van der Waals surface area (Å²) in [5.74, 6) is 0.392. The van der Waals surface area contributed by atoms with Gasteiger partial charge in [0.2, 0.25) is 5.91 Å². The summed E-state index contributed by atoms with van der Waals surface area (Å²) in [6, 6.07) is 6.75. The molecule has 0 saturated heterocycles. The van der Waals surface area contributed by atoms with E-state index in [1.807, 2.05) is 18.6 Å². The van der Waals surface area contributed by atoms with Crippen LogP contribution in [0.1, 0.15) is 24.4 Å². The van der Waals surface area contributed by atoms with Crippen LogP contribution in [0.5, 0.6) is 0 Å². The van der Waals surface area contributed by atoms with Gasteiger partial charge in [-0.3, -0.25) is 4.79 Å². The molecule has 0 bridgehead atoms. The van der Waals surface area contributed by atoms with E-state index in [1.165, 1.54) is 5.56 Å². The average Bonchev–Trinajstić information content (AvgIpc) is 3.40. The third-order valence-corrected chi connectivity index (χ3v) is 4.34. The van der Waals surface area contributed by atoms with E-state index in [2.05, 4.69) is 45.5 Å². The molecule has 1 aliphatic carbocycles. The maximum absolute atomic E-state index is 11.8. The maximum Gasteiger partial charge on any atom is 0.224 e. The van der Waals surface area contributed by atoms with Gasteiger partial charge in [-0.1, -0.05) is 12.1 Å². The highest BCUT2D eigenvalue weighted by Gasteiger charge is 2.30. The van der Waals surface area contributed by atoms with Crippen LogP contribution in [0.2, 0.25) is 0 Å². The SMILES string of the molecule is O=C(NC1C=c2ccc(C3CNC=CN3)cc2=CN1)C1CC1. The van der Waals surface area contributed by atoms with Crippen molar-refractivity contribution in [2.75, 3.05) is 6.54 Å². The number of nitrogens with one attached hydrogen (secondary N) is 4. The Hall–Kier alpha value is -2.43. The van der Waals surface area contributed by atoms with Crippen molar-refractivity contribution in [1.82, 2.24) is 21.3 Å². The summed E-state index contributed by atoms with van der Waals surface area (Å²) in [7, 11) is 0. The van der Waals surface area contributed by atoms with E-state index in [0.717, 1.165) is 29.8 Å². The van der Waals surface area contributed by atoms with Crippen LogP contribution in [0.3, 0.4) is 0 Å². The van der Waals surface area contributed by atoms with E-state index >= 15 is 0 Å². The smallest absolute Gasteiger partial charge is 0.224 e. The first-order valence-electron chi connectivity index (χ1n) is 7.82. The zero-order valence-electron chi connectivity index (χ0n) is 12.3. The molecule has 0 aromatic heterocycles. The molecule has 1 fully saturated rings. The first-order chi connectivity index (χ1) is 10.8. The molecule has 4 rings (SSSR count). The number of amides is 1. The van der Waals surface area contributed by atoms with Gasteiger partial charge in [0.05, 0.1) is 6.04 Å². The van der Waals surface area contributed by atoms with Crippen LogP contribution in [0.4, 0.5) is 0 Å². The van der Waals surface area contributed by atoms with Crippen LogP contribution in [-0.4, -0.2) is 18.6 Å². The van der Waals surface area contributed by atoms with Gasteiger partial charge in [0.15, 0.2) is 0 Å². The van der Waals surface area contributed by atoms with Crippen LogP contribution in [0.25, 0.3) is 12.3 Å². The topological polar surface area (TPSA) is 65.2 Å². The highest BCUT2D eigenvalue weighted by Crippen LogP contribution is 2.28. The van der Waals surface area contributed by atoms with Gasteiger partial charge in [0.1, 0.15) is 6.17 Å². The third-order valence-electron chi connectivity index (χ3n) is 4.34. The zero-order chi connectivity index (χ0) is 14.9. The summed E-state index contributed by atoms with van der Waals surface area (Å²) in [4.78, 5) is 11.8. The summed E-state index contributed by atoms with van der Waals surface area (Å²) >= 11 is 0. The predicted molar refractivity (Wildman–Crippen MR) is 85.4 cm³/mol. The molecule has 1 aromatic rings. The van der Waals surface area contributed by atoms with Crippen molar-refractivity contribution in [2.45, 2.75) is 25.0 Å². The Morgan fingerprint density at radius 1 is 1.14 bits per heavy atom. The number of hydrogen-bond donors (Lipinski definition) is 4. The average molecular weight is 296 g/mol. The molecule has 2 heterocycles. The Bertz CT molecular complexity index is 736. The second kappa shape index (κ2) is 5.40. The fourth-order valence-electron chi connectivity index (χ4n) is 2.88. The van der Waals surface area contributed by atoms with Crippen molar-refractivity contribution in [3.8, 4) is 0 Å². The lowest BCUT2D eigenvalue weighted by atomic mass is 10.0. The van der Waals surface area contributed by atoms with E-state index in [4.69, 9.17) is 0 Å². The Balaban J connectivity index is 1.54. The molecule has 1 aromatic carbocycles. The Kier molecular flexibility index (Phi) is 3.25. The minimum Gasteiger partial charge on any atom is -0.387 e. The van der Waals surface area contributed by atoms with Crippen LogP contribution in [0.15, 0.2) is 30.6 Å². The number of fused-ring (bicyclic) bond motifs is 1. The molecule has 5 nitrogen and oxygen atoms in total. The number of benzene rings is 1. The van der Waals surface area contributed by atoms with Crippen molar-refractivity contribution in [2.24, 2.45) is 5.92 Å². The normalized spacial score (nSPS) is 25.5. The minimum absolute atomic E-state index is 0.108. The quantitative estimate of drug-likeness (QED) is 0.599. The number of carbonyl (C=O) groups excluding carboxylic acids is 1. The first-order valence-corrected chi connectivity index (χ1v) is 7.82. The third kappa shape index (κ3) is 2.66. The molecule has 2 aliphatic heterocycles. The van der Waals surface area contributed by atoms with E-state index < -0.39 is 0 Å². The summed E-state index contributed by atoms with van der Waals surface area (Å²) in [6.45, 7) is 0.881. The summed E-state index contributed by atoms with van der Waals surface area (Å²) in [5, 5.41) is 15.2. The van der Waals surface area contributed by atoms with Crippen molar-refractivity contribution in [1.29, 1.82) is 0 Å². The van der Waals surface area contributed by atoms with Gasteiger partial charge in [-0.15, -0.1) is 0 Å². The second-order valence-corrected chi connectivity index (χ2v) is 6.09. The molecule has 3 aliphatic rings. The molecule has 0 spiro atoms. The molecule has 1 saturated carbocycles. The van der Waals surface area contributed by atoms with Crippen LogP contribution >= 0.6 is 0 Å². The highest BCUT2D eigenvalue weighted by atomic mass is 16.2. The number of rotatable bonds is 3. The molecule has 5 heteroatoms. The first kappa shape index (κ1) is 13.2. The molecular weight excluding hydrogens is 276 g/mol. The predicted octanol–water partition coefficient (Wildman–Crippen LogP) is -0.634. The largest absolute Gasteiger partial charge is 0.387 e. The zero-order valence-corrected chi connectivity index (χ0v) is 12.3. The molecule has 2 unspecified atom stereocenters. The Morgan fingerprint density at radius 2 is 2.05 bits per heavy atom. The molecule has 2 atom stereocenters. The Labute approximate surface area is 129 Å². The van der Waals surface area contributed by atoms with Gasteiger partial charge in [-0.2, -0.15) is 0 Å². The molecule has 4 N–H and O–H groups in total. The molecular formula is C17H20N4O.